The summed E-state index contributed by atoms with van der Waals surface area (Å²) in [6.45, 7) is 3.75. The lowest BCUT2D eigenvalue weighted by atomic mass is 10.0. The van der Waals surface area contributed by atoms with Crippen molar-refractivity contribution in [2.24, 2.45) is 5.92 Å². The van der Waals surface area contributed by atoms with Gasteiger partial charge in [-0.25, -0.2) is 9.59 Å². The summed E-state index contributed by atoms with van der Waals surface area (Å²) < 4.78 is 5.34. The quantitative estimate of drug-likeness (QED) is 0.237. The number of carboxylic acids is 1. The van der Waals surface area contributed by atoms with Gasteiger partial charge in [0.2, 0.25) is 11.8 Å². The zero-order valence-corrected chi connectivity index (χ0v) is 23.3. The highest BCUT2D eigenvalue weighted by molar-refractivity contribution is 5.93. The lowest BCUT2D eigenvalue weighted by Gasteiger charge is -2.25. The van der Waals surface area contributed by atoms with Gasteiger partial charge in [-0.2, -0.15) is 0 Å². The van der Waals surface area contributed by atoms with Gasteiger partial charge in [-0.05, 0) is 29.0 Å². The van der Waals surface area contributed by atoms with E-state index in [-0.39, 0.29) is 31.8 Å². The van der Waals surface area contributed by atoms with Crippen LogP contribution in [0.4, 0.5) is 4.79 Å². The molecule has 0 spiro atoms. The second-order valence-corrected chi connectivity index (χ2v) is 10.2. The fourth-order valence-corrected chi connectivity index (χ4v) is 4.26. The molecule has 0 saturated heterocycles. The van der Waals surface area contributed by atoms with Crippen molar-refractivity contribution in [3.05, 3.63) is 108 Å². The Labute approximate surface area is 240 Å². The van der Waals surface area contributed by atoms with Gasteiger partial charge in [0.15, 0.2) is 0 Å². The molecule has 0 saturated carbocycles. The SMILES string of the molecule is CC(C)C[C@@H](NC(=O)[C@@H](Cc1ccccc1)NC(=O)[C@@H](Cc1ccccc1)NC(=O)OCc1ccccc1)C(=O)O. The van der Waals surface area contributed by atoms with Gasteiger partial charge in [0, 0.05) is 12.8 Å². The number of alkyl carbamates (subject to hydrolysis) is 1. The van der Waals surface area contributed by atoms with Gasteiger partial charge in [-0.3, -0.25) is 9.59 Å². The summed E-state index contributed by atoms with van der Waals surface area (Å²) in [5.41, 5.74) is 2.36. The number of hydrogen-bond acceptors (Lipinski definition) is 5. The average molecular weight is 560 g/mol. The normalized spacial score (nSPS) is 13.0. The highest BCUT2D eigenvalue weighted by Crippen LogP contribution is 2.10. The van der Waals surface area contributed by atoms with Crippen molar-refractivity contribution >= 4 is 23.9 Å². The first kappa shape index (κ1) is 30.9. The highest BCUT2D eigenvalue weighted by atomic mass is 16.5. The Hall–Kier alpha value is -4.66. The molecule has 4 N–H and O–H groups in total. The molecule has 9 heteroatoms. The van der Waals surface area contributed by atoms with Crippen LogP contribution in [0.1, 0.15) is 37.0 Å². The summed E-state index contributed by atoms with van der Waals surface area (Å²) in [4.78, 5) is 51.4. The molecule has 0 aliphatic rings. The molecule has 0 heterocycles. The molecule has 3 rings (SSSR count). The molecule has 3 aromatic rings. The average Bonchev–Trinajstić information content (AvgIpc) is 2.96. The van der Waals surface area contributed by atoms with Gasteiger partial charge in [0.25, 0.3) is 0 Å². The van der Waals surface area contributed by atoms with E-state index in [9.17, 15) is 24.3 Å². The lowest BCUT2D eigenvalue weighted by Crippen LogP contribution is -2.57. The standard InChI is InChI=1S/C32H37N3O6/c1-22(2)18-28(31(38)39)34-29(36)26(19-23-12-6-3-7-13-23)33-30(37)27(20-24-14-8-4-9-15-24)35-32(40)41-21-25-16-10-5-11-17-25/h3-17,22,26-28H,18-21H2,1-2H3,(H,33,37)(H,34,36)(H,35,40)(H,38,39)/t26-,27-,28-/m1/s1. The molecule has 9 nitrogen and oxygen atoms in total. The van der Waals surface area contributed by atoms with Gasteiger partial charge in [0.05, 0.1) is 0 Å². The monoisotopic (exact) mass is 559 g/mol. The minimum Gasteiger partial charge on any atom is -0.480 e. The molecule has 3 atom stereocenters. The topological polar surface area (TPSA) is 134 Å². The number of carboxylic acid groups (broad SMARTS) is 1. The van der Waals surface area contributed by atoms with E-state index < -0.39 is 42.0 Å². The summed E-state index contributed by atoms with van der Waals surface area (Å²) in [5, 5.41) is 17.6. The van der Waals surface area contributed by atoms with E-state index in [2.05, 4.69) is 16.0 Å². The van der Waals surface area contributed by atoms with E-state index >= 15 is 0 Å². The number of benzene rings is 3. The summed E-state index contributed by atoms with van der Waals surface area (Å²) in [6.07, 6.45) is -0.267. The first-order chi connectivity index (χ1) is 19.7. The molecule has 0 aliphatic heterocycles. The molecule has 0 bridgehead atoms. The molecule has 0 fully saturated rings. The Bertz CT molecular complexity index is 1270. The summed E-state index contributed by atoms with van der Waals surface area (Å²) in [5.74, 6) is -2.35. The molecule has 0 aromatic heterocycles. The van der Waals surface area contributed by atoms with E-state index in [1.807, 2.05) is 105 Å². The Balaban J connectivity index is 1.78. The van der Waals surface area contributed by atoms with Crippen LogP contribution in [0.15, 0.2) is 91.0 Å². The molecule has 0 aliphatic carbocycles. The van der Waals surface area contributed by atoms with Gasteiger partial charge < -0.3 is 25.8 Å². The zero-order valence-electron chi connectivity index (χ0n) is 23.3. The van der Waals surface area contributed by atoms with Crippen LogP contribution in [0.3, 0.4) is 0 Å². The Morgan fingerprint density at radius 2 is 1.05 bits per heavy atom. The second kappa shape index (κ2) is 15.8. The van der Waals surface area contributed by atoms with Crippen molar-refractivity contribution in [2.75, 3.05) is 0 Å². The van der Waals surface area contributed by atoms with Crippen molar-refractivity contribution in [3.63, 3.8) is 0 Å². The van der Waals surface area contributed by atoms with Crippen molar-refractivity contribution in [1.82, 2.24) is 16.0 Å². The molecule has 216 valence electrons. The minimum atomic E-state index is -1.15. The van der Waals surface area contributed by atoms with Gasteiger partial charge in [-0.15, -0.1) is 0 Å². The van der Waals surface area contributed by atoms with Gasteiger partial charge in [-0.1, -0.05) is 105 Å². The van der Waals surface area contributed by atoms with Crippen LogP contribution < -0.4 is 16.0 Å². The fraction of sp³-hybridized carbons (Fsp3) is 0.312. The Kier molecular flexibility index (Phi) is 11.9. The van der Waals surface area contributed by atoms with Crippen LogP contribution in [0.25, 0.3) is 0 Å². The predicted molar refractivity (Wildman–Crippen MR) is 155 cm³/mol. The predicted octanol–water partition coefficient (Wildman–Crippen LogP) is 3.87. The maximum absolute atomic E-state index is 13.6. The van der Waals surface area contributed by atoms with Gasteiger partial charge in [0.1, 0.15) is 24.7 Å². The van der Waals surface area contributed by atoms with Crippen molar-refractivity contribution in [1.29, 1.82) is 0 Å². The van der Waals surface area contributed by atoms with Crippen LogP contribution in [0.2, 0.25) is 0 Å². The Morgan fingerprint density at radius 1 is 0.634 bits per heavy atom. The first-order valence-corrected chi connectivity index (χ1v) is 13.6. The first-order valence-electron chi connectivity index (χ1n) is 13.6. The summed E-state index contributed by atoms with van der Waals surface area (Å²) >= 11 is 0. The molecule has 41 heavy (non-hydrogen) atoms. The van der Waals surface area contributed by atoms with Crippen LogP contribution in [0, 0.1) is 5.92 Å². The third kappa shape index (κ3) is 10.8. The number of ether oxygens (including phenoxy) is 1. The van der Waals surface area contributed by atoms with Crippen LogP contribution in [0.5, 0.6) is 0 Å². The second-order valence-electron chi connectivity index (χ2n) is 10.2. The maximum Gasteiger partial charge on any atom is 0.408 e. The molecular weight excluding hydrogens is 522 g/mol. The van der Waals surface area contributed by atoms with E-state index in [0.717, 1.165) is 16.7 Å². The number of aliphatic carboxylic acids is 1. The number of carbonyl (C=O) groups is 4. The van der Waals surface area contributed by atoms with E-state index in [4.69, 9.17) is 4.74 Å². The third-order valence-corrected chi connectivity index (χ3v) is 6.34. The largest absolute Gasteiger partial charge is 0.480 e. The summed E-state index contributed by atoms with van der Waals surface area (Å²) in [7, 11) is 0. The number of carbonyl (C=O) groups excluding carboxylic acids is 3. The van der Waals surface area contributed by atoms with Crippen LogP contribution in [-0.2, 0) is 38.6 Å². The van der Waals surface area contributed by atoms with Crippen molar-refractivity contribution < 1.29 is 29.0 Å². The molecule has 0 radical (unpaired) electrons. The molecule has 0 unspecified atom stereocenters. The van der Waals surface area contributed by atoms with Crippen LogP contribution in [-0.4, -0.2) is 47.1 Å². The van der Waals surface area contributed by atoms with E-state index in [1.165, 1.54) is 0 Å². The van der Waals surface area contributed by atoms with Gasteiger partial charge >= 0.3 is 12.1 Å². The highest BCUT2D eigenvalue weighted by Gasteiger charge is 2.30. The smallest absolute Gasteiger partial charge is 0.408 e. The Morgan fingerprint density at radius 3 is 1.49 bits per heavy atom. The number of rotatable bonds is 14. The van der Waals surface area contributed by atoms with Crippen molar-refractivity contribution in [2.45, 2.75) is 57.8 Å². The lowest BCUT2D eigenvalue weighted by molar-refractivity contribution is -0.142. The zero-order chi connectivity index (χ0) is 29.6. The molecular formula is C32H37N3O6. The minimum absolute atomic E-state index is 0.0256. The fourth-order valence-electron chi connectivity index (χ4n) is 4.26. The number of nitrogens with one attached hydrogen (secondary N) is 3. The van der Waals surface area contributed by atoms with E-state index in [0.29, 0.717) is 0 Å². The van der Waals surface area contributed by atoms with Crippen LogP contribution >= 0.6 is 0 Å². The number of amides is 3. The molecule has 3 amide bonds. The summed E-state index contributed by atoms with van der Waals surface area (Å²) in [6, 6.07) is 24.1. The van der Waals surface area contributed by atoms with Crippen molar-refractivity contribution in [3.8, 4) is 0 Å². The molecule has 3 aromatic carbocycles. The number of hydrogen-bond donors (Lipinski definition) is 4. The maximum atomic E-state index is 13.6. The third-order valence-electron chi connectivity index (χ3n) is 6.34. The van der Waals surface area contributed by atoms with E-state index in [1.54, 1.807) is 0 Å².